The van der Waals surface area contributed by atoms with Crippen LogP contribution in [0.4, 0.5) is 17.6 Å². The third kappa shape index (κ3) is 6.82. The fraction of sp³-hybridized carbons (Fsp3) is 0.0690. The molecule has 200 valence electrons. The van der Waals surface area contributed by atoms with Gasteiger partial charge in [-0.15, -0.1) is 10.2 Å². The fourth-order valence-corrected chi connectivity index (χ4v) is 8.54. The number of benzene rings is 4. The van der Waals surface area contributed by atoms with Gasteiger partial charge in [-0.3, -0.25) is 0 Å². The SMILES string of the molecule is CN(C)c1oc(Nc2ccccc2)nc1[P+](c1ccccc1)(c1ccccc1)c1ccccc1.[O-][Cl+3]([O-])([O-])[O-]. The Morgan fingerprint density at radius 1 is 0.641 bits per heavy atom. The first-order valence-corrected chi connectivity index (χ1v) is 14.9. The Balaban J connectivity index is 0.000000648. The molecule has 0 aliphatic rings. The zero-order valence-corrected chi connectivity index (χ0v) is 23.0. The molecule has 0 atom stereocenters. The van der Waals surface area contributed by atoms with Crippen LogP contribution in [-0.2, 0) is 0 Å². The molecule has 0 saturated carbocycles. The summed E-state index contributed by atoms with van der Waals surface area (Å²) in [6.45, 7) is 0. The van der Waals surface area contributed by atoms with Crippen molar-refractivity contribution in [1.82, 2.24) is 4.98 Å². The molecule has 1 heterocycles. The van der Waals surface area contributed by atoms with E-state index < -0.39 is 17.5 Å². The maximum absolute atomic E-state index is 8.49. The number of halogens is 1. The molecule has 0 aliphatic carbocycles. The number of rotatable bonds is 7. The van der Waals surface area contributed by atoms with Gasteiger partial charge < -0.3 is 14.6 Å². The molecule has 0 radical (unpaired) electrons. The van der Waals surface area contributed by atoms with Crippen LogP contribution in [0, 0.1) is 10.2 Å². The van der Waals surface area contributed by atoms with Crippen molar-refractivity contribution in [1.29, 1.82) is 0 Å². The lowest BCUT2D eigenvalue weighted by Gasteiger charge is -2.26. The Morgan fingerprint density at radius 2 is 1.00 bits per heavy atom. The smallest absolute Gasteiger partial charge is 0.304 e. The molecule has 0 amide bonds. The monoisotopic (exact) mass is 563 g/mol. The van der Waals surface area contributed by atoms with Gasteiger partial charge in [-0.25, -0.2) is 18.6 Å². The minimum atomic E-state index is -4.94. The summed E-state index contributed by atoms with van der Waals surface area (Å²) in [6.07, 6.45) is 0. The Hall–Kier alpha value is -3.75. The van der Waals surface area contributed by atoms with E-state index in [1.165, 1.54) is 15.9 Å². The van der Waals surface area contributed by atoms with Crippen LogP contribution in [0.25, 0.3) is 0 Å². The molecule has 0 aliphatic heterocycles. The molecule has 1 aromatic heterocycles. The highest BCUT2D eigenvalue weighted by atomic mass is 35.7. The summed E-state index contributed by atoms with van der Waals surface area (Å²) >= 11 is 0. The summed E-state index contributed by atoms with van der Waals surface area (Å²) in [5, 5.41) is 7.05. The average molecular weight is 564 g/mol. The van der Waals surface area contributed by atoms with Crippen LogP contribution in [0.2, 0.25) is 0 Å². The third-order valence-corrected chi connectivity index (χ3v) is 9.92. The van der Waals surface area contributed by atoms with Crippen molar-refractivity contribution in [3.8, 4) is 0 Å². The Kier molecular flexibility index (Phi) is 8.99. The summed E-state index contributed by atoms with van der Waals surface area (Å²) in [6, 6.07) is 42.6. The predicted octanol–water partition coefficient (Wildman–Crippen LogP) is 0.348. The van der Waals surface area contributed by atoms with Gasteiger partial charge >= 0.3 is 6.01 Å². The lowest BCUT2D eigenvalue weighted by atomic mass is 10.3. The molecule has 4 aromatic carbocycles. The maximum Gasteiger partial charge on any atom is 0.304 e. The summed E-state index contributed by atoms with van der Waals surface area (Å²) in [4.78, 5) is 7.17. The van der Waals surface area contributed by atoms with Crippen LogP contribution < -0.4 is 50.2 Å². The second-order valence-electron chi connectivity index (χ2n) is 8.59. The molecule has 5 aromatic rings. The van der Waals surface area contributed by atoms with E-state index in [0.717, 1.165) is 17.0 Å². The second kappa shape index (κ2) is 12.4. The highest BCUT2D eigenvalue weighted by molar-refractivity contribution is 8.01. The summed E-state index contributed by atoms with van der Waals surface area (Å²) < 4.78 is 40.4. The molecule has 5 rings (SSSR count). The van der Waals surface area contributed by atoms with Crippen molar-refractivity contribution in [2.24, 2.45) is 0 Å². The standard InChI is InChI=1S/C29H27N3OP.ClHO4/c1-32(2)28-27(31-29(33-28)30-23-15-7-3-8-16-23)34(24-17-9-4-10-18-24,25-19-11-5-12-20-25)26-21-13-6-14-22-26;2-1(3,4)5/h3-22H,1-2H3,(H,30,31);(H,2,3,4,5)/q+1;/p-1. The Morgan fingerprint density at radius 3 is 1.36 bits per heavy atom. The van der Waals surface area contributed by atoms with Crippen LogP contribution in [0.5, 0.6) is 0 Å². The predicted molar refractivity (Wildman–Crippen MR) is 145 cm³/mol. The highest BCUT2D eigenvalue weighted by Crippen LogP contribution is 2.56. The van der Waals surface area contributed by atoms with Gasteiger partial charge in [0.1, 0.15) is 15.9 Å². The molecule has 10 heteroatoms. The fourth-order valence-electron chi connectivity index (χ4n) is 4.28. The first kappa shape index (κ1) is 28.3. The number of aromatic nitrogens is 1. The zero-order valence-electron chi connectivity index (χ0n) is 21.3. The van der Waals surface area contributed by atoms with E-state index >= 15 is 0 Å². The molecule has 0 fully saturated rings. The zero-order chi connectivity index (χ0) is 27.9. The van der Waals surface area contributed by atoms with Crippen LogP contribution in [0.15, 0.2) is 126 Å². The summed E-state index contributed by atoms with van der Waals surface area (Å²) in [7, 11) is -3.30. The number of oxazole rings is 1. The Bertz CT molecular complexity index is 1350. The number of anilines is 3. The molecule has 8 nitrogen and oxygen atoms in total. The maximum atomic E-state index is 8.49. The van der Waals surface area contributed by atoms with E-state index in [4.69, 9.17) is 28.0 Å². The molecule has 0 bridgehead atoms. The van der Waals surface area contributed by atoms with Gasteiger partial charge in [-0.2, -0.15) is 4.98 Å². The van der Waals surface area contributed by atoms with E-state index in [0.29, 0.717) is 6.01 Å². The van der Waals surface area contributed by atoms with Crippen molar-refractivity contribution >= 4 is 46.2 Å². The van der Waals surface area contributed by atoms with Gasteiger partial charge in [0.05, 0.1) is 0 Å². The second-order valence-corrected chi connectivity index (χ2v) is 12.7. The normalized spacial score (nSPS) is 11.3. The highest BCUT2D eigenvalue weighted by Gasteiger charge is 2.53. The van der Waals surface area contributed by atoms with Crippen LogP contribution >= 0.6 is 7.26 Å². The average Bonchev–Trinajstić information content (AvgIpc) is 3.35. The van der Waals surface area contributed by atoms with E-state index in [2.05, 4.69) is 96.3 Å². The quantitative estimate of drug-likeness (QED) is 0.280. The van der Waals surface area contributed by atoms with E-state index in [1.54, 1.807) is 0 Å². The number of hydrogen-bond acceptors (Lipinski definition) is 8. The largest absolute Gasteiger partial charge is 0.402 e. The van der Waals surface area contributed by atoms with Crippen molar-refractivity contribution < 1.29 is 33.3 Å². The van der Waals surface area contributed by atoms with Gasteiger partial charge in [0.25, 0.3) is 11.3 Å². The van der Waals surface area contributed by atoms with Gasteiger partial charge in [-0.1, -0.05) is 72.8 Å². The minimum absolute atomic E-state index is 0.483. The lowest BCUT2D eigenvalue weighted by molar-refractivity contribution is -2.00. The molecule has 0 spiro atoms. The van der Waals surface area contributed by atoms with Crippen LogP contribution in [-0.4, -0.2) is 19.1 Å². The van der Waals surface area contributed by atoms with Gasteiger partial charge in [0.2, 0.25) is 0 Å². The molecule has 39 heavy (non-hydrogen) atoms. The summed E-state index contributed by atoms with van der Waals surface area (Å²) in [5.74, 6) is 0.753. The number of nitrogens with one attached hydrogen (secondary N) is 1. The van der Waals surface area contributed by atoms with Crippen molar-refractivity contribution in [3.05, 3.63) is 121 Å². The van der Waals surface area contributed by atoms with Gasteiger partial charge in [0.15, 0.2) is 7.26 Å². The molecule has 0 saturated heterocycles. The van der Waals surface area contributed by atoms with Crippen molar-refractivity contribution in [2.45, 2.75) is 0 Å². The van der Waals surface area contributed by atoms with E-state index in [1.807, 2.05) is 49.3 Å². The first-order chi connectivity index (χ1) is 18.7. The van der Waals surface area contributed by atoms with E-state index in [9.17, 15) is 0 Å². The van der Waals surface area contributed by atoms with Gasteiger partial charge in [-0.05, 0) is 48.5 Å². The number of hydrogen-bond donors (Lipinski definition) is 1. The number of para-hydroxylation sites is 1. The van der Waals surface area contributed by atoms with Crippen LogP contribution in [0.3, 0.4) is 0 Å². The third-order valence-electron chi connectivity index (χ3n) is 5.77. The first-order valence-electron chi connectivity index (χ1n) is 11.9. The van der Waals surface area contributed by atoms with Crippen molar-refractivity contribution in [2.75, 3.05) is 24.3 Å². The molecular weight excluding hydrogens is 537 g/mol. The topological polar surface area (TPSA) is 134 Å². The molecular formula is C29H27ClN3O5P. The van der Waals surface area contributed by atoms with E-state index in [-0.39, 0.29) is 0 Å². The Labute approximate surface area is 229 Å². The van der Waals surface area contributed by atoms with Crippen molar-refractivity contribution in [3.63, 3.8) is 0 Å². The molecule has 1 N–H and O–H groups in total. The summed E-state index contributed by atoms with van der Waals surface area (Å²) in [5.41, 5.74) is 1.88. The van der Waals surface area contributed by atoms with Crippen LogP contribution in [0.1, 0.15) is 0 Å². The van der Waals surface area contributed by atoms with Gasteiger partial charge in [0, 0.05) is 19.8 Å². The number of nitrogens with zero attached hydrogens (tertiary/aromatic N) is 2. The lowest BCUT2D eigenvalue weighted by Crippen LogP contribution is -2.68. The molecule has 0 unspecified atom stereocenters. The minimum Gasteiger partial charge on any atom is -0.402 e.